The van der Waals surface area contributed by atoms with Gasteiger partial charge in [0.05, 0.1) is 12.5 Å². The first-order valence-corrected chi connectivity index (χ1v) is 12.0. The van der Waals surface area contributed by atoms with E-state index in [-0.39, 0.29) is 35.0 Å². The third kappa shape index (κ3) is 7.79. The Morgan fingerprint density at radius 1 is 1.08 bits per heavy atom. The highest BCUT2D eigenvalue weighted by atomic mass is 16.4. The molecule has 9 heteroatoms. The summed E-state index contributed by atoms with van der Waals surface area (Å²) in [6.45, 7) is 5.87. The van der Waals surface area contributed by atoms with Gasteiger partial charge in [0.1, 0.15) is 12.3 Å². The molecule has 36 heavy (non-hydrogen) atoms. The lowest BCUT2D eigenvalue weighted by Gasteiger charge is -2.45. The molecule has 2 aromatic rings. The van der Waals surface area contributed by atoms with Gasteiger partial charge in [-0.1, -0.05) is 56.3 Å². The number of hydrogen-bond donors (Lipinski definition) is 4. The molecule has 196 valence electrons. The van der Waals surface area contributed by atoms with E-state index < -0.39 is 18.4 Å². The fourth-order valence-corrected chi connectivity index (χ4v) is 4.77. The number of rotatable bonds is 10. The summed E-state index contributed by atoms with van der Waals surface area (Å²) >= 11 is 0. The summed E-state index contributed by atoms with van der Waals surface area (Å²) in [5.74, 6) is -1.68. The zero-order valence-electron chi connectivity index (χ0n) is 20.9. The second-order valence-electron chi connectivity index (χ2n) is 9.65. The van der Waals surface area contributed by atoms with Crippen LogP contribution in [-0.4, -0.2) is 71.1 Å². The lowest BCUT2D eigenvalue weighted by molar-refractivity contribution is -0.137. The highest BCUT2D eigenvalue weighted by Gasteiger charge is 2.39. The van der Waals surface area contributed by atoms with Crippen molar-refractivity contribution in [3.63, 3.8) is 0 Å². The maximum absolute atomic E-state index is 13.1. The van der Waals surface area contributed by atoms with E-state index in [0.717, 1.165) is 30.6 Å². The Balaban J connectivity index is 0.00000456. The van der Waals surface area contributed by atoms with E-state index in [0.29, 0.717) is 18.9 Å². The molecule has 2 aromatic carbocycles. The third-order valence-electron chi connectivity index (χ3n) is 7.11. The molecule has 2 amide bonds. The quantitative estimate of drug-likeness (QED) is 0.387. The number of phenols is 1. The molecular weight excluding hydrogens is 462 g/mol. The summed E-state index contributed by atoms with van der Waals surface area (Å²) in [4.78, 5) is 37.9. The predicted octanol–water partition coefficient (Wildman–Crippen LogP) is 1.34. The van der Waals surface area contributed by atoms with Crippen molar-refractivity contribution >= 4 is 17.8 Å². The maximum Gasteiger partial charge on any atom is 0.322 e. The third-order valence-corrected chi connectivity index (χ3v) is 7.11. The van der Waals surface area contributed by atoms with Gasteiger partial charge in [0.2, 0.25) is 11.8 Å². The number of amides is 2. The van der Waals surface area contributed by atoms with E-state index in [1.807, 2.05) is 42.5 Å². The molecule has 9 nitrogen and oxygen atoms in total. The van der Waals surface area contributed by atoms with Gasteiger partial charge in [-0.05, 0) is 54.0 Å². The SMILES string of the molecule is CC1CN(CC(Cc2ccccc2)C(=O)NCC(=O)NCC(=O)O)CCC1(C)c1cccc(O)c1.O. The molecule has 3 rings (SSSR count). The van der Waals surface area contributed by atoms with Crippen molar-refractivity contribution in [2.24, 2.45) is 11.8 Å². The zero-order valence-corrected chi connectivity index (χ0v) is 20.9. The highest BCUT2D eigenvalue weighted by Crippen LogP contribution is 2.40. The Labute approximate surface area is 211 Å². The Morgan fingerprint density at radius 2 is 1.81 bits per heavy atom. The van der Waals surface area contributed by atoms with Crippen LogP contribution in [0.3, 0.4) is 0 Å². The minimum atomic E-state index is -1.14. The highest BCUT2D eigenvalue weighted by molar-refractivity contribution is 5.87. The molecule has 1 saturated heterocycles. The van der Waals surface area contributed by atoms with Crippen molar-refractivity contribution in [2.75, 3.05) is 32.7 Å². The molecule has 3 atom stereocenters. The van der Waals surface area contributed by atoms with E-state index in [1.54, 1.807) is 6.07 Å². The smallest absolute Gasteiger partial charge is 0.322 e. The molecule has 0 radical (unpaired) electrons. The van der Waals surface area contributed by atoms with Gasteiger partial charge >= 0.3 is 5.97 Å². The monoisotopic (exact) mass is 499 g/mol. The van der Waals surface area contributed by atoms with Gasteiger partial charge in [-0.3, -0.25) is 14.4 Å². The van der Waals surface area contributed by atoms with Gasteiger partial charge < -0.3 is 31.2 Å². The number of carboxylic acids is 1. The Bertz CT molecular complexity index is 1030. The first-order valence-electron chi connectivity index (χ1n) is 12.0. The molecule has 0 aliphatic carbocycles. The van der Waals surface area contributed by atoms with Crippen LogP contribution in [0, 0.1) is 11.8 Å². The minimum Gasteiger partial charge on any atom is -0.508 e. The molecule has 0 bridgehead atoms. The van der Waals surface area contributed by atoms with Crippen LogP contribution in [0.25, 0.3) is 0 Å². The molecular formula is C27H37N3O6. The number of aromatic hydroxyl groups is 1. The van der Waals surface area contributed by atoms with E-state index >= 15 is 0 Å². The van der Waals surface area contributed by atoms with Crippen LogP contribution in [0.5, 0.6) is 5.75 Å². The average molecular weight is 500 g/mol. The summed E-state index contributed by atoms with van der Waals surface area (Å²) in [5.41, 5.74) is 2.09. The van der Waals surface area contributed by atoms with Crippen molar-refractivity contribution < 1.29 is 30.1 Å². The van der Waals surface area contributed by atoms with Gasteiger partial charge in [0, 0.05) is 13.1 Å². The summed E-state index contributed by atoms with van der Waals surface area (Å²) in [7, 11) is 0. The number of likely N-dealkylation sites (tertiary alicyclic amines) is 1. The second-order valence-corrected chi connectivity index (χ2v) is 9.65. The summed E-state index contributed by atoms with van der Waals surface area (Å²) in [6, 6.07) is 17.2. The first kappa shape index (κ1) is 28.8. The maximum atomic E-state index is 13.1. The standard InChI is InChI=1S/C27H35N3O5.H2O/c1-19-17-30(12-11-27(19,2)22-9-6-10-23(31)14-22)18-21(13-20-7-4-3-5-8-20)26(35)29-15-24(32)28-16-25(33)34;/h3-10,14,19,21,31H,11-13,15-18H2,1-2H3,(H,28,32)(H,29,35)(H,33,34);1H2. The first-order chi connectivity index (χ1) is 16.7. The largest absolute Gasteiger partial charge is 0.508 e. The van der Waals surface area contributed by atoms with Crippen molar-refractivity contribution in [2.45, 2.75) is 32.1 Å². The Hall–Kier alpha value is -3.43. The number of carbonyl (C=O) groups excluding carboxylic acids is 2. The number of hydrogen-bond acceptors (Lipinski definition) is 5. The fourth-order valence-electron chi connectivity index (χ4n) is 4.77. The predicted molar refractivity (Wildman–Crippen MR) is 137 cm³/mol. The number of piperidine rings is 1. The molecule has 1 aliphatic heterocycles. The van der Waals surface area contributed by atoms with Crippen LogP contribution in [0.1, 0.15) is 31.4 Å². The number of carboxylic acid groups (broad SMARTS) is 1. The minimum absolute atomic E-state index is 0. The van der Waals surface area contributed by atoms with E-state index in [1.165, 1.54) is 0 Å². The van der Waals surface area contributed by atoms with Crippen LogP contribution in [0.15, 0.2) is 54.6 Å². The van der Waals surface area contributed by atoms with Gasteiger partial charge in [-0.2, -0.15) is 0 Å². The lowest BCUT2D eigenvalue weighted by Crippen LogP contribution is -2.50. The van der Waals surface area contributed by atoms with Gasteiger partial charge in [0.15, 0.2) is 0 Å². The molecule has 1 fully saturated rings. The van der Waals surface area contributed by atoms with E-state index in [2.05, 4.69) is 35.4 Å². The summed E-state index contributed by atoms with van der Waals surface area (Å²) in [5, 5.41) is 23.6. The van der Waals surface area contributed by atoms with E-state index in [4.69, 9.17) is 5.11 Å². The molecule has 1 heterocycles. The summed E-state index contributed by atoms with van der Waals surface area (Å²) in [6.07, 6.45) is 1.44. The van der Waals surface area contributed by atoms with Crippen LogP contribution < -0.4 is 10.6 Å². The Kier molecular flexibility index (Phi) is 10.4. The topological polar surface area (TPSA) is 150 Å². The van der Waals surface area contributed by atoms with Gasteiger partial charge in [-0.15, -0.1) is 0 Å². The Morgan fingerprint density at radius 3 is 2.44 bits per heavy atom. The summed E-state index contributed by atoms with van der Waals surface area (Å²) < 4.78 is 0. The van der Waals surface area contributed by atoms with Gasteiger partial charge in [-0.25, -0.2) is 0 Å². The van der Waals surface area contributed by atoms with Crippen LogP contribution in [0.2, 0.25) is 0 Å². The number of aliphatic carboxylic acids is 1. The van der Waals surface area contributed by atoms with Crippen LogP contribution >= 0.6 is 0 Å². The normalized spacial score (nSPS) is 20.6. The number of carbonyl (C=O) groups is 3. The van der Waals surface area contributed by atoms with Crippen molar-refractivity contribution in [1.82, 2.24) is 15.5 Å². The average Bonchev–Trinajstić information content (AvgIpc) is 2.83. The fraction of sp³-hybridized carbons (Fsp3) is 0.444. The van der Waals surface area contributed by atoms with Crippen LogP contribution in [-0.2, 0) is 26.2 Å². The molecule has 0 aromatic heterocycles. The molecule has 3 unspecified atom stereocenters. The van der Waals surface area contributed by atoms with Crippen molar-refractivity contribution in [3.8, 4) is 5.75 Å². The zero-order chi connectivity index (χ0) is 25.4. The number of phenolic OH excluding ortho intramolecular Hbond substituents is 1. The molecule has 6 N–H and O–H groups in total. The van der Waals surface area contributed by atoms with E-state index in [9.17, 15) is 19.5 Å². The molecule has 0 saturated carbocycles. The molecule has 1 aliphatic rings. The lowest BCUT2D eigenvalue weighted by atomic mass is 9.68. The molecule has 0 spiro atoms. The number of benzene rings is 2. The second kappa shape index (κ2) is 13.0. The van der Waals surface area contributed by atoms with Gasteiger partial charge in [0.25, 0.3) is 0 Å². The van der Waals surface area contributed by atoms with Crippen molar-refractivity contribution in [1.29, 1.82) is 0 Å². The number of nitrogens with one attached hydrogen (secondary N) is 2. The van der Waals surface area contributed by atoms with Crippen LogP contribution in [0.4, 0.5) is 0 Å². The van der Waals surface area contributed by atoms with Crippen molar-refractivity contribution in [3.05, 3.63) is 65.7 Å². The number of nitrogens with zero attached hydrogens (tertiary/aromatic N) is 1.